The number of carbonyl (C=O) groups is 1. The van der Waals surface area contributed by atoms with E-state index < -0.39 is 0 Å². The second-order valence-electron chi connectivity index (χ2n) is 7.04. The molecule has 1 aliphatic rings. The molecule has 0 bridgehead atoms. The van der Waals surface area contributed by atoms with Crippen molar-refractivity contribution in [1.82, 2.24) is 15.1 Å². The molecule has 1 saturated heterocycles. The lowest BCUT2D eigenvalue weighted by Gasteiger charge is -2.38. The fourth-order valence-corrected chi connectivity index (χ4v) is 3.05. The summed E-state index contributed by atoms with van der Waals surface area (Å²) in [5.74, 6) is 0.776. The number of ether oxygens (including phenoxy) is 1. The van der Waals surface area contributed by atoms with Crippen molar-refractivity contribution in [2.45, 2.75) is 13.8 Å². The summed E-state index contributed by atoms with van der Waals surface area (Å²) in [6, 6.07) is 6.47. The van der Waals surface area contributed by atoms with Crippen LogP contribution in [0.15, 0.2) is 23.2 Å². The van der Waals surface area contributed by atoms with Crippen molar-refractivity contribution in [2.24, 2.45) is 4.99 Å². The molecule has 0 saturated carbocycles. The lowest BCUT2D eigenvalue weighted by molar-refractivity contribution is -0.127. The third-order valence-electron chi connectivity index (χ3n) is 4.95. The molecule has 1 aromatic carbocycles. The van der Waals surface area contributed by atoms with Gasteiger partial charge >= 0.3 is 0 Å². The lowest BCUT2D eigenvalue weighted by atomic mass is 10.1. The highest BCUT2D eigenvalue weighted by molar-refractivity contribution is 14.0. The van der Waals surface area contributed by atoms with E-state index in [2.05, 4.69) is 52.2 Å². The van der Waals surface area contributed by atoms with Crippen LogP contribution in [0.5, 0.6) is 0 Å². The number of rotatable bonds is 6. The Morgan fingerprint density at radius 3 is 2.50 bits per heavy atom. The van der Waals surface area contributed by atoms with Crippen molar-refractivity contribution in [3.63, 3.8) is 0 Å². The molecule has 0 spiro atoms. The molecule has 2 rings (SSSR count). The summed E-state index contributed by atoms with van der Waals surface area (Å²) in [6.07, 6.45) is 0. The fraction of sp³-hybridized carbons (Fsp3) is 0.600. The van der Waals surface area contributed by atoms with E-state index in [0.29, 0.717) is 13.2 Å². The van der Waals surface area contributed by atoms with E-state index in [1.807, 2.05) is 0 Å². The lowest BCUT2D eigenvalue weighted by Crippen LogP contribution is -2.53. The first-order chi connectivity index (χ1) is 12.9. The third kappa shape index (κ3) is 6.80. The molecular formula is C20H34IN5O2. The first-order valence-corrected chi connectivity index (χ1v) is 9.47. The molecular weight excluding hydrogens is 469 g/mol. The highest BCUT2D eigenvalue weighted by Gasteiger charge is 2.21. The van der Waals surface area contributed by atoms with Crippen LogP contribution < -0.4 is 10.2 Å². The first kappa shape index (κ1) is 24.5. The van der Waals surface area contributed by atoms with E-state index in [-0.39, 0.29) is 36.4 Å². The second-order valence-corrected chi connectivity index (χ2v) is 7.04. The third-order valence-corrected chi connectivity index (χ3v) is 4.95. The molecule has 7 nitrogen and oxygen atoms in total. The smallest absolute Gasteiger partial charge is 0.243 e. The predicted octanol–water partition coefficient (Wildman–Crippen LogP) is 1.72. The van der Waals surface area contributed by atoms with Gasteiger partial charge in [0, 0.05) is 59.6 Å². The molecule has 0 atom stereocenters. The van der Waals surface area contributed by atoms with Crippen LogP contribution in [0.2, 0.25) is 0 Å². The maximum absolute atomic E-state index is 11.9. The number of aryl methyl sites for hydroxylation is 1. The summed E-state index contributed by atoms with van der Waals surface area (Å²) in [5, 5.41) is 3.32. The molecule has 1 fully saturated rings. The number of halogens is 1. The van der Waals surface area contributed by atoms with Gasteiger partial charge in [-0.25, -0.2) is 4.99 Å². The van der Waals surface area contributed by atoms with Crippen molar-refractivity contribution >= 4 is 41.5 Å². The average Bonchev–Trinajstić information content (AvgIpc) is 2.66. The van der Waals surface area contributed by atoms with Gasteiger partial charge in [-0.2, -0.15) is 0 Å². The van der Waals surface area contributed by atoms with Crippen molar-refractivity contribution in [3.8, 4) is 0 Å². The first-order valence-electron chi connectivity index (χ1n) is 9.47. The number of piperazine rings is 1. The minimum absolute atomic E-state index is 0. The van der Waals surface area contributed by atoms with E-state index in [4.69, 9.17) is 4.74 Å². The van der Waals surface area contributed by atoms with E-state index in [9.17, 15) is 4.79 Å². The molecule has 0 unspecified atom stereocenters. The molecule has 1 amide bonds. The van der Waals surface area contributed by atoms with Crippen LogP contribution in [0.1, 0.15) is 11.1 Å². The fourth-order valence-electron chi connectivity index (χ4n) is 3.05. The predicted molar refractivity (Wildman–Crippen MR) is 126 cm³/mol. The number of methoxy groups -OCH3 is 1. The number of anilines is 1. The molecule has 0 aliphatic carbocycles. The zero-order valence-corrected chi connectivity index (χ0v) is 20.0. The number of aliphatic imine (C=N–C) groups is 1. The standard InChI is InChI=1S/C20H33N5O2.HI/c1-16-7-6-8-18(17(16)2)24-10-12-25(13-11-24)20(21-9-14-27-5)22-15-19(26)23(3)4;/h6-8H,9-15H2,1-5H3,(H,21,22);1H. The van der Waals surface area contributed by atoms with Crippen molar-refractivity contribution in [2.75, 3.05) is 72.0 Å². The number of amides is 1. The van der Waals surface area contributed by atoms with Gasteiger partial charge < -0.3 is 24.8 Å². The number of nitrogens with zero attached hydrogens (tertiary/aromatic N) is 4. The number of hydrogen-bond donors (Lipinski definition) is 1. The normalized spacial score (nSPS) is 14.5. The van der Waals surface area contributed by atoms with Crippen LogP contribution in [0.4, 0.5) is 5.69 Å². The summed E-state index contributed by atoms with van der Waals surface area (Å²) in [7, 11) is 5.18. The Bertz CT molecular complexity index is 658. The molecule has 1 aliphatic heterocycles. The van der Waals surface area contributed by atoms with E-state index in [1.165, 1.54) is 16.8 Å². The van der Waals surface area contributed by atoms with Gasteiger partial charge in [0.25, 0.3) is 0 Å². The zero-order chi connectivity index (χ0) is 19.8. The maximum Gasteiger partial charge on any atom is 0.243 e. The SMILES string of the molecule is COCCNC(=NCC(=O)N(C)C)N1CCN(c2cccc(C)c2C)CC1.I. The van der Waals surface area contributed by atoms with Crippen molar-refractivity contribution in [1.29, 1.82) is 0 Å². The monoisotopic (exact) mass is 503 g/mol. The van der Waals surface area contributed by atoms with Gasteiger partial charge in [0.05, 0.1) is 6.61 Å². The maximum atomic E-state index is 11.9. The van der Waals surface area contributed by atoms with Crippen LogP contribution in [0.3, 0.4) is 0 Å². The van der Waals surface area contributed by atoms with Gasteiger partial charge in [-0.3, -0.25) is 4.79 Å². The number of nitrogens with one attached hydrogen (secondary N) is 1. The van der Waals surface area contributed by atoms with Gasteiger partial charge in [-0.1, -0.05) is 12.1 Å². The van der Waals surface area contributed by atoms with Crippen molar-refractivity contribution < 1.29 is 9.53 Å². The minimum Gasteiger partial charge on any atom is -0.383 e. The van der Waals surface area contributed by atoms with E-state index >= 15 is 0 Å². The van der Waals surface area contributed by atoms with Gasteiger partial charge in [-0.15, -0.1) is 24.0 Å². The van der Waals surface area contributed by atoms with Crippen LogP contribution in [-0.2, 0) is 9.53 Å². The Morgan fingerprint density at radius 1 is 1.21 bits per heavy atom. The number of likely N-dealkylation sites (N-methyl/N-ethyl adjacent to an activating group) is 1. The van der Waals surface area contributed by atoms with Gasteiger partial charge in [0.15, 0.2) is 5.96 Å². The summed E-state index contributed by atoms with van der Waals surface area (Å²) in [6.45, 7) is 9.34. The number of benzene rings is 1. The number of hydrogen-bond acceptors (Lipinski definition) is 4. The summed E-state index contributed by atoms with van der Waals surface area (Å²) < 4.78 is 5.12. The second kappa shape index (κ2) is 12.1. The Labute approximate surface area is 186 Å². The molecule has 1 N–H and O–H groups in total. The van der Waals surface area contributed by atoms with Crippen LogP contribution >= 0.6 is 24.0 Å². The van der Waals surface area contributed by atoms with Crippen LogP contribution in [0.25, 0.3) is 0 Å². The number of carbonyl (C=O) groups excluding carboxylic acids is 1. The summed E-state index contributed by atoms with van der Waals surface area (Å²) in [5.41, 5.74) is 3.97. The molecule has 8 heteroatoms. The van der Waals surface area contributed by atoms with Crippen molar-refractivity contribution in [3.05, 3.63) is 29.3 Å². The topological polar surface area (TPSA) is 60.4 Å². The Hall–Kier alpha value is -1.55. The average molecular weight is 503 g/mol. The highest BCUT2D eigenvalue weighted by Crippen LogP contribution is 2.23. The van der Waals surface area contributed by atoms with Crippen LogP contribution in [-0.4, -0.2) is 88.7 Å². The minimum atomic E-state index is -0.00457. The summed E-state index contributed by atoms with van der Waals surface area (Å²) in [4.78, 5) is 22.7. The molecule has 0 aromatic heterocycles. The van der Waals surface area contributed by atoms with E-state index in [0.717, 1.165) is 32.1 Å². The van der Waals surface area contributed by atoms with Gasteiger partial charge in [-0.05, 0) is 31.0 Å². The van der Waals surface area contributed by atoms with E-state index in [1.54, 1.807) is 26.1 Å². The molecule has 28 heavy (non-hydrogen) atoms. The summed E-state index contributed by atoms with van der Waals surface area (Å²) >= 11 is 0. The Morgan fingerprint density at radius 2 is 1.89 bits per heavy atom. The van der Waals surface area contributed by atoms with Gasteiger partial charge in [0.1, 0.15) is 6.54 Å². The highest BCUT2D eigenvalue weighted by atomic mass is 127. The quantitative estimate of drug-likeness (QED) is 0.278. The Balaban J connectivity index is 0.00000392. The largest absolute Gasteiger partial charge is 0.383 e. The molecule has 1 heterocycles. The molecule has 1 aromatic rings. The van der Waals surface area contributed by atoms with Crippen LogP contribution in [0, 0.1) is 13.8 Å². The van der Waals surface area contributed by atoms with Gasteiger partial charge in [0.2, 0.25) is 5.91 Å². The molecule has 0 radical (unpaired) electrons. The molecule has 158 valence electrons. The zero-order valence-electron chi connectivity index (χ0n) is 17.7. The number of guanidine groups is 1. The Kier molecular flexibility index (Phi) is 10.6.